The van der Waals surface area contributed by atoms with Gasteiger partial charge in [0.15, 0.2) is 11.5 Å². The Balaban J connectivity index is 3.07. The van der Waals surface area contributed by atoms with Gasteiger partial charge in [-0.15, -0.1) is 0 Å². The third-order valence-corrected chi connectivity index (χ3v) is 3.18. The zero-order chi connectivity index (χ0) is 10.6. The van der Waals surface area contributed by atoms with Crippen LogP contribution in [0.15, 0.2) is 23.1 Å². The summed E-state index contributed by atoms with van der Waals surface area (Å²) in [4.78, 5) is 0.769. The van der Waals surface area contributed by atoms with Gasteiger partial charge < -0.3 is 9.47 Å². The molecule has 0 aliphatic rings. The van der Waals surface area contributed by atoms with Crippen LogP contribution in [-0.4, -0.2) is 24.2 Å². The molecule has 1 atom stereocenters. The molecule has 0 aliphatic heterocycles. The SMILES string of the molecule is CCS(=O)c1ccc(OC)c(OC)c1. The maximum Gasteiger partial charge on any atom is 0.161 e. The smallest absolute Gasteiger partial charge is 0.161 e. The highest BCUT2D eigenvalue weighted by Crippen LogP contribution is 2.28. The van der Waals surface area contributed by atoms with E-state index in [2.05, 4.69) is 0 Å². The van der Waals surface area contributed by atoms with Gasteiger partial charge in [0, 0.05) is 16.7 Å². The highest BCUT2D eigenvalue weighted by atomic mass is 32.2. The second-order valence-electron chi connectivity index (χ2n) is 2.65. The lowest BCUT2D eigenvalue weighted by Gasteiger charge is -2.08. The van der Waals surface area contributed by atoms with E-state index in [1.54, 1.807) is 32.4 Å². The average molecular weight is 214 g/mol. The van der Waals surface area contributed by atoms with Crippen molar-refractivity contribution < 1.29 is 13.7 Å². The van der Waals surface area contributed by atoms with Crippen LogP contribution in [0.25, 0.3) is 0 Å². The summed E-state index contributed by atoms with van der Waals surface area (Å²) >= 11 is 0. The fraction of sp³-hybridized carbons (Fsp3) is 0.400. The predicted molar refractivity (Wildman–Crippen MR) is 56.5 cm³/mol. The summed E-state index contributed by atoms with van der Waals surface area (Å²) in [6, 6.07) is 5.31. The van der Waals surface area contributed by atoms with E-state index in [9.17, 15) is 4.21 Å². The van der Waals surface area contributed by atoms with Gasteiger partial charge in [-0.2, -0.15) is 0 Å². The molecule has 0 fully saturated rings. The van der Waals surface area contributed by atoms with Crippen molar-refractivity contribution in [3.8, 4) is 11.5 Å². The van der Waals surface area contributed by atoms with E-state index >= 15 is 0 Å². The Kier molecular flexibility index (Phi) is 3.95. The van der Waals surface area contributed by atoms with Crippen molar-refractivity contribution in [1.29, 1.82) is 0 Å². The molecule has 0 saturated carbocycles. The molecule has 0 amide bonds. The highest BCUT2D eigenvalue weighted by molar-refractivity contribution is 7.85. The van der Waals surface area contributed by atoms with Crippen molar-refractivity contribution in [3.63, 3.8) is 0 Å². The number of methoxy groups -OCH3 is 2. The minimum absolute atomic E-state index is 0.607. The summed E-state index contributed by atoms with van der Waals surface area (Å²) in [5.74, 6) is 1.88. The summed E-state index contributed by atoms with van der Waals surface area (Å²) in [6.45, 7) is 1.88. The maximum atomic E-state index is 11.5. The van der Waals surface area contributed by atoms with Crippen LogP contribution < -0.4 is 9.47 Å². The molecule has 0 heterocycles. The molecule has 0 aromatic heterocycles. The number of hydrogen-bond donors (Lipinski definition) is 0. The first kappa shape index (κ1) is 11.0. The quantitative estimate of drug-likeness (QED) is 0.767. The van der Waals surface area contributed by atoms with Crippen molar-refractivity contribution in [1.82, 2.24) is 0 Å². The topological polar surface area (TPSA) is 35.5 Å². The molecule has 0 N–H and O–H groups in total. The molecule has 1 unspecified atom stereocenters. The van der Waals surface area contributed by atoms with Crippen LogP contribution in [0.2, 0.25) is 0 Å². The Morgan fingerprint density at radius 2 is 1.86 bits per heavy atom. The molecule has 0 bridgehead atoms. The first-order valence-corrected chi connectivity index (χ1v) is 5.65. The summed E-state index contributed by atoms with van der Waals surface area (Å²) in [7, 11) is 2.20. The van der Waals surface area contributed by atoms with E-state index in [-0.39, 0.29) is 0 Å². The number of rotatable bonds is 4. The molecule has 14 heavy (non-hydrogen) atoms. The number of hydrogen-bond acceptors (Lipinski definition) is 3. The third kappa shape index (κ3) is 2.26. The monoisotopic (exact) mass is 214 g/mol. The van der Waals surface area contributed by atoms with Gasteiger partial charge in [0.05, 0.1) is 25.0 Å². The molecule has 3 nitrogen and oxygen atoms in total. The summed E-state index contributed by atoms with van der Waals surface area (Å²) in [6.07, 6.45) is 0. The van der Waals surface area contributed by atoms with E-state index in [1.165, 1.54) is 0 Å². The van der Waals surface area contributed by atoms with Gasteiger partial charge in [-0.1, -0.05) is 6.92 Å². The lowest BCUT2D eigenvalue weighted by Crippen LogP contribution is -1.96. The van der Waals surface area contributed by atoms with Crippen molar-refractivity contribution in [2.24, 2.45) is 0 Å². The second kappa shape index (κ2) is 5.00. The molecule has 78 valence electrons. The Morgan fingerprint density at radius 1 is 1.21 bits per heavy atom. The van der Waals surface area contributed by atoms with Gasteiger partial charge in [-0.3, -0.25) is 4.21 Å². The second-order valence-corrected chi connectivity index (χ2v) is 4.39. The minimum atomic E-state index is -0.948. The minimum Gasteiger partial charge on any atom is -0.493 e. The first-order chi connectivity index (χ1) is 6.72. The van der Waals surface area contributed by atoms with Gasteiger partial charge >= 0.3 is 0 Å². The average Bonchev–Trinajstić information content (AvgIpc) is 2.26. The van der Waals surface area contributed by atoms with Crippen molar-refractivity contribution in [3.05, 3.63) is 18.2 Å². The van der Waals surface area contributed by atoms with Gasteiger partial charge in [0.2, 0.25) is 0 Å². The molecule has 0 radical (unpaired) electrons. The van der Waals surface area contributed by atoms with Crippen LogP contribution in [0.3, 0.4) is 0 Å². The van der Waals surface area contributed by atoms with Gasteiger partial charge in [0.25, 0.3) is 0 Å². The standard InChI is InChI=1S/C10H14O3S/c1-4-14(11)8-5-6-9(12-2)10(7-8)13-3/h5-7H,4H2,1-3H3. The summed E-state index contributed by atoms with van der Waals surface area (Å²) in [5.41, 5.74) is 0. The van der Waals surface area contributed by atoms with Crippen LogP contribution in [-0.2, 0) is 10.8 Å². The molecule has 0 aliphatic carbocycles. The van der Waals surface area contributed by atoms with Gasteiger partial charge in [-0.25, -0.2) is 0 Å². The molecule has 0 saturated heterocycles. The van der Waals surface area contributed by atoms with E-state index in [0.717, 1.165) is 4.90 Å². The largest absolute Gasteiger partial charge is 0.493 e. The van der Waals surface area contributed by atoms with Crippen molar-refractivity contribution in [2.45, 2.75) is 11.8 Å². The molecule has 4 heteroatoms. The van der Waals surface area contributed by atoms with Crippen molar-refractivity contribution >= 4 is 10.8 Å². The fourth-order valence-electron chi connectivity index (χ4n) is 1.12. The Bertz CT molecular complexity index is 336. The van der Waals surface area contributed by atoms with E-state index in [4.69, 9.17) is 9.47 Å². The Labute approximate surface area is 86.5 Å². The predicted octanol–water partition coefficient (Wildman–Crippen LogP) is 1.83. The number of benzene rings is 1. The van der Waals surface area contributed by atoms with E-state index < -0.39 is 10.8 Å². The Hall–Kier alpha value is -1.03. The third-order valence-electron chi connectivity index (χ3n) is 1.88. The molecule has 0 spiro atoms. The van der Waals surface area contributed by atoms with E-state index in [0.29, 0.717) is 17.3 Å². The lowest BCUT2D eigenvalue weighted by atomic mass is 10.3. The van der Waals surface area contributed by atoms with E-state index in [1.807, 2.05) is 6.92 Å². The molecule has 1 aromatic rings. The normalized spacial score (nSPS) is 12.2. The van der Waals surface area contributed by atoms with Crippen LogP contribution >= 0.6 is 0 Å². The van der Waals surface area contributed by atoms with Crippen LogP contribution in [0.5, 0.6) is 11.5 Å². The summed E-state index contributed by atoms with van der Waals surface area (Å²) < 4.78 is 21.7. The molecule has 1 rings (SSSR count). The fourth-order valence-corrected chi connectivity index (χ4v) is 1.92. The van der Waals surface area contributed by atoms with Crippen LogP contribution in [0.1, 0.15) is 6.92 Å². The Morgan fingerprint density at radius 3 is 2.36 bits per heavy atom. The maximum absolute atomic E-state index is 11.5. The molecular formula is C10H14O3S. The highest BCUT2D eigenvalue weighted by Gasteiger charge is 2.07. The molecular weight excluding hydrogens is 200 g/mol. The van der Waals surface area contributed by atoms with Crippen LogP contribution in [0, 0.1) is 0 Å². The van der Waals surface area contributed by atoms with Crippen LogP contribution in [0.4, 0.5) is 0 Å². The lowest BCUT2D eigenvalue weighted by molar-refractivity contribution is 0.354. The van der Waals surface area contributed by atoms with Gasteiger partial charge in [-0.05, 0) is 12.1 Å². The van der Waals surface area contributed by atoms with Crippen molar-refractivity contribution in [2.75, 3.05) is 20.0 Å². The molecule has 1 aromatic carbocycles. The van der Waals surface area contributed by atoms with Gasteiger partial charge in [0.1, 0.15) is 0 Å². The number of ether oxygens (including phenoxy) is 2. The zero-order valence-electron chi connectivity index (χ0n) is 8.57. The first-order valence-electron chi connectivity index (χ1n) is 4.33. The summed E-state index contributed by atoms with van der Waals surface area (Å²) in [5, 5.41) is 0. The zero-order valence-corrected chi connectivity index (χ0v) is 9.39.